The van der Waals surface area contributed by atoms with Gasteiger partial charge in [-0.05, 0) is 40.0 Å². The number of amides is 1. The van der Waals surface area contributed by atoms with E-state index in [9.17, 15) is 4.79 Å². The molecule has 0 bridgehead atoms. The predicted molar refractivity (Wildman–Crippen MR) is 86.8 cm³/mol. The molecule has 0 saturated carbocycles. The Bertz CT molecular complexity index is 651. The molecule has 7 heteroatoms. The van der Waals surface area contributed by atoms with Gasteiger partial charge >= 0.3 is 0 Å². The maximum Gasteiger partial charge on any atom is 0.262 e. The molecule has 5 nitrogen and oxygen atoms in total. The minimum Gasteiger partial charge on any atom is -0.409 e. The third kappa shape index (κ3) is 3.62. The van der Waals surface area contributed by atoms with E-state index in [4.69, 9.17) is 10.9 Å². The molecular weight excluding hydrogens is 354 g/mol. The van der Waals surface area contributed by atoms with Crippen molar-refractivity contribution < 1.29 is 10.0 Å². The standard InChI is InChI=1S/C14H14BrN3O2S/c1-8-7-10(21-12(8)15)14(19)17-11(13(16)18-20)9-5-3-2-4-6-9/h2-7,11,20H,1H3,(H2,16,18)(H,17,19). The highest BCUT2D eigenvalue weighted by Crippen LogP contribution is 2.27. The largest absolute Gasteiger partial charge is 0.409 e. The minimum atomic E-state index is -0.676. The second-order valence-electron chi connectivity index (χ2n) is 4.41. The molecule has 2 rings (SSSR count). The fraction of sp³-hybridized carbons (Fsp3) is 0.143. The van der Waals surface area contributed by atoms with Crippen LogP contribution in [0.2, 0.25) is 0 Å². The second kappa shape index (κ2) is 6.73. The molecule has 0 saturated heterocycles. The van der Waals surface area contributed by atoms with Crippen LogP contribution in [0.1, 0.15) is 26.8 Å². The summed E-state index contributed by atoms with van der Waals surface area (Å²) < 4.78 is 0.910. The summed E-state index contributed by atoms with van der Waals surface area (Å²) in [6.07, 6.45) is 0. The number of nitrogens with two attached hydrogens (primary N) is 1. The Labute approximate surface area is 134 Å². The van der Waals surface area contributed by atoms with Crippen LogP contribution in [0.15, 0.2) is 45.3 Å². The molecule has 110 valence electrons. The van der Waals surface area contributed by atoms with Crippen LogP contribution in [0.5, 0.6) is 0 Å². The number of thiophene rings is 1. The Morgan fingerprint density at radius 1 is 1.43 bits per heavy atom. The second-order valence-corrected chi connectivity index (χ2v) is 6.78. The minimum absolute atomic E-state index is 0.0677. The molecular formula is C14H14BrN3O2S. The smallest absolute Gasteiger partial charge is 0.262 e. The number of rotatable bonds is 4. The molecule has 21 heavy (non-hydrogen) atoms. The number of nitrogens with zero attached hydrogens (tertiary/aromatic N) is 1. The molecule has 0 aliphatic heterocycles. The Balaban J connectivity index is 2.25. The molecule has 1 aromatic heterocycles. The zero-order valence-corrected chi connectivity index (χ0v) is 13.6. The molecule has 0 radical (unpaired) electrons. The van der Waals surface area contributed by atoms with Gasteiger partial charge in [0.15, 0.2) is 5.84 Å². The van der Waals surface area contributed by atoms with E-state index in [2.05, 4.69) is 26.4 Å². The van der Waals surface area contributed by atoms with Gasteiger partial charge in [0.25, 0.3) is 5.91 Å². The van der Waals surface area contributed by atoms with Crippen LogP contribution in [-0.2, 0) is 0 Å². The lowest BCUT2D eigenvalue weighted by atomic mass is 10.1. The van der Waals surface area contributed by atoms with E-state index in [0.717, 1.165) is 14.9 Å². The van der Waals surface area contributed by atoms with Crippen LogP contribution in [0, 0.1) is 6.92 Å². The number of aryl methyl sites for hydroxylation is 1. The summed E-state index contributed by atoms with van der Waals surface area (Å²) >= 11 is 4.73. The number of oxime groups is 1. The zero-order valence-electron chi connectivity index (χ0n) is 11.2. The van der Waals surface area contributed by atoms with Gasteiger partial charge in [0.1, 0.15) is 6.04 Å². The molecule has 0 fully saturated rings. The van der Waals surface area contributed by atoms with E-state index in [1.165, 1.54) is 11.3 Å². The summed E-state index contributed by atoms with van der Waals surface area (Å²) in [6.45, 7) is 1.91. The quantitative estimate of drug-likeness (QED) is 0.336. The van der Waals surface area contributed by atoms with Crippen LogP contribution >= 0.6 is 27.3 Å². The van der Waals surface area contributed by atoms with Gasteiger partial charge in [-0.15, -0.1) is 11.3 Å². The first-order valence-electron chi connectivity index (χ1n) is 6.12. The summed E-state index contributed by atoms with van der Waals surface area (Å²) in [7, 11) is 0. The predicted octanol–water partition coefficient (Wildman–Crippen LogP) is 3.04. The Morgan fingerprint density at radius 3 is 2.62 bits per heavy atom. The number of carbonyl (C=O) groups is 1. The van der Waals surface area contributed by atoms with Gasteiger partial charge < -0.3 is 16.3 Å². The van der Waals surface area contributed by atoms with Crippen molar-refractivity contribution in [1.82, 2.24) is 5.32 Å². The van der Waals surface area contributed by atoms with Crippen LogP contribution in [0.25, 0.3) is 0 Å². The molecule has 0 spiro atoms. The Kier molecular flexibility index (Phi) is 4.98. The van der Waals surface area contributed by atoms with E-state index in [1.54, 1.807) is 18.2 Å². The molecule has 0 aliphatic carbocycles. The van der Waals surface area contributed by atoms with Crippen molar-refractivity contribution in [3.63, 3.8) is 0 Å². The lowest BCUT2D eigenvalue weighted by Crippen LogP contribution is -2.37. The first kappa shape index (κ1) is 15.5. The summed E-state index contributed by atoms with van der Waals surface area (Å²) in [5.41, 5.74) is 7.43. The topological polar surface area (TPSA) is 87.7 Å². The average Bonchev–Trinajstić information content (AvgIpc) is 2.84. The molecule has 1 unspecified atom stereocenters. The van der Waals surface area contributed by atoms with Gasteiger partial charge in [-0.1, -0.05) is 35.5 Å². The third-order valence-corrected chi connectivity index (χ3v) is 5.04. The van der Waals surface area contributed by atoms with Crippen LogP contribution < -0.4 is 11.1 Å². The number of nitrogens with one attached hydrogen (secondary N) is 1. The highest BCUT2D eigenvalue weighted by atomic mass is 79.9. The number of halogens is 1. The van der Waals surface area contributed by atoms with Crippen LogP contribution in [0.4, 0.5) is 0 Å². The van der Waals surface area contributed by atoms with Gasteiger partial charge in [-0.2, -0.15) is 0 Å². The van der Waals surface area contributed by atoms with E-state index >= 15 is 0 Å². The number of carbonyl (C=O) groups excluding carboxylic acids is 1. The number of amidine groups is 1. The van der Waals surface area contributed by atoms with E-state index in [-0.39, 0.29) is 11.7 Å². The first-order valence-corrected chi connectivity index (χ1v) is 7.73. The maximum atomic E-state index is 12.3. The summed E-state index contributed by atoms with van der Waals surface area (Å²) in [5.74, 6) is -0.337. The van der Waals surface area contributed by atoms with Gasteiger partial charge in [0.2, 0.25) is 0 Å². The van der Waals surface area contributed by atoms with Crippen LogP contribution in [-0.4, -0.2) is 17.0 Å². The van der Waals surface area contributed by atoms with Crippen molar-refractivity contribution >= 4 is 39.0 Å². The molecule has 4 N–H and O–H groups in total. The van der Waals surface area contributed by atoms with E-state index in [1.807, 2.05) is 25.1 Å². The van der Waals surface area contributed by atoms with Gasteiger partial charge in [-0.25, -0.2) is 0 Å². The van der Waals surface area contributed by atoms with Crippen molar-refractivity contribution in [1.29, 1.82) is 0 Å². The monoisotopic (exact) mass is 367 g/mol. The highest BCUT2D eigenvalue weighted by molar-refractivity contribution is 9.11. The van der Waals surface area contributed by atoms with Crippen molar-refractivity contribution in [2.24, 2.45) is 10.9 Å². The van der Waals surface area contributed by atoms with Crippen LogP contribution in [0.3, 0.4) is 0 Å². The average molecular weight is 368 g/mol. The van der Waals surface area contributed by atoms with Crippen molar-refractivity contribution in [3.05, 3.63) is 56.2 Å². The van der Waals surface area contributed by atoms with Gasteiger partial charge in [-0.3, -0.25) is 4.79 Å². The van der Waals surface area contributed by atoms with Crippen molar-refractivity contribution in [2.75, 3.05) is 0 Å². The summed E-state index contributed by atoms with van der Waals surface area (Å²) in [4.78, 5) is 12.9. The first-order chi connectivity index (χ1) is 10.0. The maximum absolute atomic E-state index is 12.3. The molecule has 1 amide bonds. The molecule has 1 aromatic carbocycles. The summed E-state index contributed by atoms with van der Waals surface area (Å²) in [6, 6.07) is 10.2. The SMILES string of the molecule is Cc1cc(C(=O)NC(/C(N)=N/O)c2ccccc2)sc1Br. The van der Waals surface area contributed by atoms with Crippen molar-refractivity contribution in [3.8, 4) is 0 Å². The lowest BCUT2D eigenvalue weighted by molar-refractivity contribution is 0.0950. The van der Waals surface area contributed by atoms with E-state index in [0.29, 0.717) is 4.88 Å². The number of benzene rings is 1. The number of hydrogen-bond donors (Lipinski definition) is 3. The van der Waals surface area contributed by atoms with Gasteiger partial charge in [0, 0.05) is 0 Å². The third-order valence-electron chi connectivity index (χ3n) is 2.90. The van der Waals surface area contributed by atoms with Gasteiger partial charge in [0.05, 0.1) is 8.66 Å². The van der Waals surface area contributed by atoms with E-state index < -0.39 is 6.04 Å². The lowest BCUT2D eigenvalue weighted by Gasteiger charge is -2.17. The fourth-order valence-corrected chi connectivity index (χ4v) is 3.24. The summed E-state index contributed by atoms with van der Waals surface area (Å²) in [5, 5.41) is 14.7. The normalized spacial score (nSPS) is 13.0. The molecule has 1 atom stereocenters. The van der Waals surface area contributed by atoms with Crippen molar-refractivity contribution in [2.45, 2.75) is 13.0 Å². The zero-order chi connectivity index (χ0) is 15.4. The number of hydrogen-bond acceptors (Lipinski definition) is 4. The highest BCUT2D eigenvalue weighted by Gasteiger charge is 2.21. The molecule has 2 aromatic rings. The Hall–Kier alpha value is -1.86. The Morgan fingerprint density at radius 2 is 2.10 bits per heavy atom. The molecule has 0 aliphatic rings. The fourth-order valence-electron chi connectivity index (χ4n) is 1.81. The molecule has 1 heterocycles.